The molecule has 0 bridgehead atoms. The van der Waals surface area contributed by atoms with E-state index < -0.39 is 11.9 Å². The predicted molar refractivity (Wildman–Crippen MR) is 72.0 cm³/mol. The van der Waals surface area contributed by atoms with Crippen molar-refractivity contribution >= 4 is 12.0 Å². The van der Waals surface area contributed by atoms with Crippen molar-refractivity contribution in [3.63, 3.8) is 0 Å². The van der Waals surface area contributed by atoms with Crippen LogP contribution in [0, 0.1) is 5.92 Å². The monoisotopic (exact) mass is 278 g/mol. The Morgan fingerprint density at radius 3 is 2.90 bits per heavy atom. The summed E-state index contributed by atoms with van der Waals surface area (Å²) in [4.78, 5) is 26.3. The molecule has 0 aliphatic heterocycles. The zero-order valence-corrected chi connectivity index (χ0v) is 11.0. The van der Waals surface area contributed by atoms with E-state index in [1.165, 1.54) is 0 Å². The van der Waals surface area contributed by atoms with E-state index in [0.717, 1.165) is 13.0 Å². The molecule has 108 valence electrons. The Balaban J connectivity index is 1.59. The van der Waals surface area contributed by atoms with Gasteiger partial charge in [-0.1, -0.05) is 12.2 Å². The minimum atomic E-state index is -0.855. The zero-order chi connectivity index (χ0) is 14.4. The first-order valence-electron chi connectivity index (χ1n) is 6.56. The van der Waals surface area contributed by atoms with Crippen LogP contribution in [0.5, 0.6) is 0 Å². The van der Waals surface area contributed by atoms with Crippen molar-refractivity contribution in [1.29, 1.82) is 0 Å². The summed E-state index contributed by atoms with van der Waals surface area (Å²) in [5.74, 6) is -1.35. The summed E-state index contributed by atoms with van der Waals surface area (Å²) in [7, 11) is 0. The lowest BCUT2D eigenvalue weighted by Gasteiger charge is -2.13. The molecule has 1 aromatic heterocycles. The van der Waals surface area contributed by atoms with Gasteiger partial charge in [0.15, 0.2) is 0 Å². The molecule has 1 aliphatic carbocycles. The number of imidazole rings is 1. The number of nitrogens with one attached hydrogen (secondary N) is 2. The van der Waals surface area contributed by atoms with Gasteiger partial charge >= 0.3 is 12.0 Å². The number of aryl methyl sites for hydroxylation is 1. The van der Waals surface area contributed by atoms with Crippen LogP contribution in [0.4, 0.5) is 4.79 Å². The second-order valence-corrected chi connectivity index (χ2v) is 4.73. The fraction of sp³-hybridized carbons (Fsp3) is 0.462. The van der Waals surface area contributed by atoms with Gasteiger partial charge in [-0.3, -0.25) is 4.79 Å². The molecule has 0 fully saturated rings. The Kier molecular flexibility index (Phi) is 4.75. The molecule has 2 amide bonds. The summed E-state index contributed by atoms with van der Waals surface area (Å²) in [5, 5.41) is 14.3. The number of nitrogens with zero attached hydrogens (tertiary/aromatic N) is 2. The highest BCUT2D eigenvalue weighted by atomic mass is 16.4. The number of carboxylic acids is 1. The first kappa shape index (κ1) is 14.1. The van der Waals surface area contributed by atoms with Gasteiger partial charge in [0.1, 0.15) is 0 Å². The van der Waals surface area contributed by atoms with Crippen molar-refractivity contribution in [2.45, 2.75) is 25.4 Å². The van der Waals surface area contributed by atoms with E-state index in [2.05, 4.69) is 15.6 Å². The van der Waals surface area contributed by atoms with Gasteiger partial charge in [0.25, 0.3) is 0 Å². The molecule has 0 radical (unpaired) electrons. The summed E-state index contributed by atoms with van der Waals surface area (Å²) in [6.45, 7) is 1.35. The summed E-state index contributed by atoms with van der Waals surface area (Å²) >= 11 is 0. The second kappa shape index (κ2) is 6.74. The van der Waals surface area contributed by atoms with Crippen LogP contribution >= 0.6 is 0 Å². The van der Waals surface area contributed by atoms with E-state index in [0.29, 0.717) is 13.0 Å². The van der Waals surface area contributed by atoms with E-state index in [1.54, 1.807) is 24.7 Å². The molecule has 0 spiro atoms. The van der Waals surface area contributed by atoms with Gasteiger partial charge in [0.05, 0.1) is 18.3 Å². The molecule has 0 aromatic carbocycles. The van der Waals surface area contributed by atoms with E-state index in [-0.39, 0.29) is 12.1 Å². The van der Waals surface area contributed by atoms with Crippen molar-refractivity contribution in [2.24, 2.45) is 5.92 Å². The largest absolute Gasteiger partial charge is 0.481 e. The standard InChI is InChI=1S/C13H18N4O3/c18-12(19)10-2-3-11(8-10)16-13(20)15-4-1-6-17-7-5-14-9-17/h2-3,5,7,9-11H,1,4,6,8H2,(H,18,19)(H2,15,16,20). The molecular weight excluding hydrogens is 260 g/mol. The predicted octanol–water partition coefficient (Wildman–Crippen LogP) is 0.602. The van der Waals surface area contributed by atoms with Crippen LogP contribution in [0.3, 0.4) is 0 Å². The Bertz CT molecular complexity index is 484. The molecule has 2 rings (SSSR count). The van der Waals surface area contributed by atoms with Gasteiger partial charge in [0.2, 0.25) is 0 Å². The van der Waals surface area contributed by atoms with Crippen molar-refractivity contribution in [3.05, 3.63) is 30.9 Å². The Morgan fingerprint density at radius 2 is 2.25 bits per heavy atom. The quantitative estimate of drug-likeness (QED) is 0.524. The van der Waals surface area contributed by atoms with Crippen LogP contribution < -0.4 is 10.6 Å². The first-order chi connectivity index (χ1) is 9.65. The average molecular weight is 278 g/mol. The number of amides is 2. The number of aliphatic carboxylic acids is 1. The van der Waals surface area contributed by atoms with Crippen LogP contribution in [0.2, 0.25) is 0 Å². The maximum absolute atomic E-state index is 11.6. The molecule has 7 nitrogen and oxygen atoms in total. The molecule has 20 heavy (non-hydrogen) atoms. The number of aromatic nitrogens is 2. The number of carbonyl (C=O) groups excluding carboxylic acids is 1. The van der Waals surface area contributed by atoms with Crippen LogP contribution in [-0.2, 0) is 11.3 Å². The highest BCUT2D eigenvalue weighted by Crippen LogP contribution is 2.17. The van der Waals surface area contributed by atoms with Crippen molar-refractivity contribution in [2.75, 3.05) is 6.54 Å². The highest BCUT2D eigenvalue weighted by molar-refractivity contribution is 5.76. The summed E-state index contributed by atoms with van der Waals surface area (Å²) in [6.07, 6.45) is 9.88. The molecule has 1 aromatic rings. The summed E-state index contributed by atoms with van der Waals surface area (Å²) in [6, 6.07) is -0.471. The van der Waals surface area contributed by atoms with E-state index in [1.807, 2.05) is 10.8 Å². The Hall–Kier alpha value is -2.31. The molecule has 1 heterocycles. The molecule has 0 saturated carbocycles. The number of urea groups is 1. The molecule has 3 N–H and O–H groups in total. The Morgan fingerprint density at radius 1 is 1.40 bits per heavy atom. The number of hydrogen-bond acceptors (Lipinski definition) is 3. The second-order valence-electron chi connectivity index (χ2n) is 4.73. The van der Waals surface area contributed by atoms with Crippen LogP contribution in [0.15, 0.2) is 30.9 Å². The summed E-state index contributed by atoms with van der Waals surface area (Å²) in [5.41, 5.74) is 0. The van der Waals surface area contributed by atoms with E-state index >= 15 is 0 Å². The van der Waals surface area contributed by atoms with Crippen LogP contribution in [-0.4, -0.2) is 39.2 Å². The smallest absolute Gasteiger partial charge is 0.315 e. The zero-order valence-electron chi connectivity index (χ0n) is 11.0. The van der Waals surface area contributed by atoms with Gasteiger partial charge < -0.3 is 20.3 Å². The first-order valence-corrected chi connectivity index (χ1v) is 6.56. The third-order valence-corrected chi connectivity index (χ3v) is 3.16. The topological polar surface area (TPSA) is 96.3 Å². The number of carbonyl (C=O) groups is 2. The third-order valence-electron chi connectivity index (χ3n) is 3.16. The van der Waals surface area contributed by atoms with Crippen molar-refractivity contribution < 1.29 is 14.7 Å². The van der Waals surface area contributed by atoms with Crippen LogP contribution in [0.1, 0.15) is 12.8 Å². The molecule has 1 aliphatic rings. The minimum absolute atomic E-state index is 0.204. The lowest BCUT2D eigenvalue weighted by atomic mass is 10.1. The third kappa shape index (κ3) is 4.11. The number of rotatable bonds is 6. The van der Waals surface area contributed by atoms with Crippen molar-refractivity contribution in [1.82, 2.24) is 20.2 Å². The van der Waals surface area contributed by atoms with Gasteiger partial charge in [-0.15, -0.1) is 0 Å². The van der Waals surface area contributed by atoms with Gasteiger partial charge in [-0.2, -0.15) is 0 Å². The SMILES string of the molecule is O=C(NCCCn1ccnc1)NC1C=CC(C(=O)O)C1. The number of carboxylic acid groups (broad SMARTS) is 1. The van der Waals surface area contributed by atoms with Crippen molar-refractivity contribution in [3.8, 4) is 0 Å². The normalized spacial score (nSPS) is 20.8. The fourth-order valence-electron chi connectivity index (χ4n) is 2.09. The van der Waals surface area contributed by atoms with Gasteiger partial charge in [0, 0.05) is 25.5 Å². The lowest BCUT2D eigenvalue weighted by Crippen LogP contribution is -2.41. The van der Waals surface area contributed by atoms with E-state index in [4.69, 9.17) is 5.11 Å². The molecule has 2 atom stereocenters. The Labute approximate surface area is 116 Å². The lowest BCUT2D eigenvalue weighted by molar-refractivity contribution is -0.140. The van der Waals surface area contributed by atoms with Gasteiger partial charge in [-0.25, -0.2) is 9.78 Å². The summed E-state index contributed by atoms with van der Waals surface area (Å²) < 4.78 is 1.94. The van der Waals surface area contributed by atoms with Crippen LogP contribution in [0.25, 0.3) is 0 Å². The average Bonchev–Trinajstić information content (AvgIpc) is 3.05. The highest BCUT2D eigenvalue weighted by Gasteiger charge is 2.25. The van der Waals surface area contributed by atoms with E-state index in [9.17, 15) is 9.59 Å². The maximum Gasteiger partial charge on any atom is 0.315 e. The molecule has 7 heteroatoms. The molecule has 2 unspecified atom stereocenters. The van der Waals surface area contributed by atoms with Gasteiger partial charge in [-0.05, 0) is 12.8 Å². The molecular formula is C13H18N4O3. The molecule has 0 saturated heterocycles. The minimum Gasteiger partial charge on any atom is -0.481 e. The maximum atomic E-state index is 11.6. The fourth-order valence-corrected chi connectivity index (χ4v) is 2.09. The number of hydrogen-bond donors (Lipinski definition) is 3.